The minimum absolute atomic E-state index is 0.832. The van der Waals surface area contributed by atoms with Gasteiger partial charge in [0, 0.05) is 37.9 Å². The monoisotopic (exact) mass is 349 g/mol. The lowest BCUT2D eigenvalue weighted by Gasteiger charge is -2.32. The van der Waals surface area contributed by atoms with Crippen molar-refractivity contribution in [3.63, 3.8) is 0 Å². The van der Waals surface area contributed by atoms with Crippen molar-refractivity contribution in [1.29, 1.82) is 0 Å². The third-order valence-corrected chi connectivity index (χ3v) is 5.52. The first-order chi connectivity index (χ1) is 12.8. The fourth-order valence-corrected chi connectivity index (χ4v) is 3.84. The number of rotatable bonds is 6. The van der Waals surface area contributed by atoms with Crippen LogP contribution in [-0.2, 0) is 13.1 Å². The second-order valence-electron chi connectivity index (χ2n) is 7.34. The molecule has 5 nitrogen and oxygen atoms in total. The second kappa shape index (κ2) is 7.87. The molecule has 2 aromatic heterocycles. The van der Waals surface area contributed by atoms with Crippen LogP contribution in [0.2, 0.25) is 0 Å². The molecule has 0 amide bonds. The van der Waals surface area contributed by atoms with Crippen LogP contribution in [0.4, 0.5) is 0 Å². The summed E-state index contributed by atoms with van der Waals surface area (Å²) in [6, 6.07) is 10.6. The molecule has 3 aromatic rings. The molecule has 1 aliphatic rings. The van der Waals surface area contributed by atoms with E-state index < -0.39 is 0 Å². The van der Waals surface area contributed by atoms with Gasteiger partial charge < -0.3 is 0 Å². The van der Waals surface area contributed by atoms with Gasteiger partial charge in [0.15, 0.2) is 0 Å². The smallest absolute Gasteiger partial charge is 0.0648 e. The van der Waals surface area contributed by atoms with Gasteiger partial charge in [0.2, 0.25) is 0 Å². The third-order valence-electron chi connectivity index (χ3n) is 5.52. The van der Waals surface area contributed by atoms with E-state index >= 15 is 0 Å². The highest BCUT2D eigenvalue weighted by Gasteiger charge is 2.19. The Hall–Kier alpha value is -2.40. The molecule has 0 N–H and O–H groups in total. The number of likely N-dealkylation sites (tertiary alicyclic amines) is 1. The highest BCUT2D eigenvalue weighted by atomic mass is 15.3. The Labute approximate surface area is 155 Å². The van der Waals surface area contributed by atoms with Crippen molar-refractivity contribution in [1.82, 2.24) is 24.5 Å². The van der Waals surface area contributed by atoms with Gasteiger partial charge in [0.1, 0.15) is 0 Å². The number of hydrogen-bond acceptors (Lipinski definition) is 3. The number of aryl methyl sites for hydroxylation is 2. The predicted molar refractivity (Wildman–Crippen MR) is 103 cm³/mol. The van der Waals surface area contributed by atoms with Crippen molar-refractivity contribution >= 4 is 0 Å². The summed E-state index contributed by atoms with van der Waals surface area (Å²) in [4.78, 5) is 2.60. The maximum Gasteiger partial charge on any atom is 0.0648 e. The summed E-state index contributed by atoms with van der Waals surface area (Å²) in [6.45, 7) is 6.70. The summed E-state index contributed by atoms with van der Waals surface area (Å²) in [5.41, 5.74) is 3.91. The van der Waals surface area contributed by atoms with Crippen LogP contribution in [-0.4, -0.2) is 37.6 Å². The molecule has 5 heteroatoms. The van der Waals surface area contributed by atoms with Crippen LogP contribution in [0.1, 0.15) is 30.4 Å². The number of nitrogens with zero attached hydrogens (tertiary/aromatic N) is 5. The Morgan fingerprint density at radius 2 is 1.85 bits per heavy atom. The highest BCUT2D eigenvalue weighted by molar-refractivity contribution is 5.39. The molecule has 0 spiro atoms. The molecule has 3 heterocycles. The molecule has 0 atom stereocenters. The summed E-state index contributed by atoms with van der Waals surface area (Å²) in [5.74, 6) is 0.832. The van der Waals surface area contributed by atoms with E-state index in [0.717, 1.165) is 24.7 Å². The van der Waals surface area contributed by atoms with Crippen molar-refractivity contribution in [2.24, 2.45) is 5.92 Å². The summed E-state index contributed by atoms with van der Waals surface area (Å²) in [7, 11) is 0. The lowest BCUT2D eigenvalue weighted by Crippen LogP contribution is -2.33. The van der Waals surface area contributed by atoms with Crippen molar-refractivity contribution in [2.45, 2.75) is 39.3 Å². The summed E-state index contributed by atoms with van der Waals surface area (Å²) < 4.78 is 3.97. The molecule has 4 rings (SSSR count). The zero-order valence-electron chi connectivity index (χ0n) is 15.5. The van der Waals surface area contributed by atoms with Crippen LogP contribution in [0.15, 0.2) is 55.1 Å². The van der Waals surface area contributed by atoms with E-state index in [1.165, 1.54) is 43.5 Å². The molecule has 1 saturated heterocycles. The van der Waals surface area contributed by atoms with Crippen LogP contribution in [0, 0.1) is 12.8 Å². The normalized spacial score (nSPS) is 16.2. The van der Waals surface area contributed by atoms with E-state index in [2.05, 4.69) is 51.1 Å². The first-order valence-electron chi connectivity index (χ1n) is 9.57. The summed E-state index contributed by atoms with van der Waals surface area (Å²) in [5, 5.41) is 8.62. The van der Waals surface area contributed by atoms with E-state index in [9.17, 15) is 0 Å². The predicted octanol–water partition coefficient (Wildman–Crippen LogP) is 3.68. The molecule has 0 unspecified atom stereocenters. The molecule has 0 radical (unpaired) electrons. The Morgan fingerprint density at radius 1 is 1.04 bits per heavy atom. The van der Waals surface area contributed by atoms with E-state index in [1.54, 1.807) is 0 Å². The van der Waals surface area contributed by atoms with Gasteiger partial charge in [-0.05, 0) is 80.6 Å². The molecule has 0 aliphatic carbocycles. The zero-order valence-corrected chi connectivity index (χ0v) is 15.5. The average molecular weight is 349 g/mol. The van der Waals surface area contributed by atoms with Gasteiger partial charge in [-0.1, -0.05) is 6.07 Å². The molecular weight excluding hydrogens is 322 g/mol. The molecule has 136 valence electrons. The minimum Gasteiger partial charge on any atom is -0.299 e. The summed E-state index contributed by atoms with van der Waals surface area (Å²) >= 11 is 0. The first-order valence-corrected chi connectivity index (χ1v) is 9.57. The van der Waals surface area contributed by atoms with Gasteiger partial charge in [0.25, 0.3) is 0 Å². The fourth-order valence-electron chi connectivity index (χ4n) is 3.84. The number of benzene rings is 1. The Kier molecular flexibility index (Phi) is 5.16. The quantitative estimate of drug-likeness (QED) is 0.681. The van der Waals surface area contributed by atoms with Gasteiger partial charge in [-0.2, -0.15) is 10.2 Å². The second-order valence-corrected chi connectivity index (χ2v) is 7.34. The largest absolute Gasteiger partial charge is 0.299 e. The van der Waals surface area contributed by atoms with E-state index in [1.807, 2.05) is 35.4 Å². The van der Waals surface area contributed by atoms with Crippen LogP contribution in [0.25, 0.3) is 5.69 Å². The van der Waals surface area contributed by atoms with Gasteiger partial charge in [-0.15, -0.1) is 0 Å². The fraction of sp³-hybridized carbons (Fsp3) is 0.429. The van der Waals surface area contributed by atoms with Crippen LogP contribution in [0.5, 0.6) is 0 Å². The van der Waals surface area contributed by atoms with Gasteiger partial charge in [-0.3, -0.25) is 9.58 Å². The van der Waals surface area contributed by atoms with Crippen molar-refractivity contribution in [2.75, 3.05) is 13.1 Å². The lowest BCUT2D eigenvalue weighted by molar-refractivity contribution is 0.168. The van der Waals surface area contributed by atoms with Crippen LogP contribution < -0.4 is 0 Å². The maximum absolute atomic E-state index is 4.32. The molecular formula is C21H27N5. The number of aromatic nitrogens is 4. The Bertz CT molecular complexity index is 799. The Morgan fingerprint density at radius 3 is 2.54 bits per heavy atom. The lowest BCUT2D eigenvalue weighted by atomic mass is 9.93. The van der Waals surface area contributed by atoms with E-state index in [-0.39, 0.29) is 0 Å². The van der Waals surface area contributed by atoms with Crippen molar-refractivity contribution < 1.29 is 0 Å². The molecule has 1 aromatic carbocycles. The summed E-state index contributed by atoms with van der Waals surface area (Å²) in [6.07, 6.45) is 11.6. The third kappa shape index (κ3) is 4.05. The number of piperidine rings is 1. The topological polar surface area (TPSA) is 38.9 Å². The van der Waals surface area contributed by atoms with Crippen LogP contribution >= 0.6 is 0 Å². The van der Waals surface area contributed by atoms with Crippen molar-refractivity contribution in [3.8, 4) is 5.69 Å². The molecule has 1 aliphatic heterocycles. The van der Waals surface area contributed by atoms with Gasteiger partial charge in [0.05, 0.1) is 5.69 Å². The SMILES string of the molecule is Cc1cc(-n2cccn2)ccc1CN1CCC(CCn2cccn2)CC1. The molecule has 26 heavy (non-hydrogen) atoms. The average Bonchev–Trinajstić information content (AvgIpc) is 3.37. The maximum atomic E-state index is 4.32. The molecule has 0 bridgehead atoms. The van der Waals surface area contributed by atoms with E-state index in [4.69, 9.17) is 0 Å². The highest BCUT2D eigenvalue weighted by Crippen LogP contribution is 2.23. The van der Waals surface area contributed by atoms with Gasteiger partial charge >= 0.3 is 0 Å². The zero-order chi connectivity index (χ0) is 17.8. The van der Waals surface area contributed by atoms with E-state index in [0.29, 0.717) is 0 Å². The molecule has 0 saturated carbocycles. The standard InChI is InChI=1S/C21H27N5/c1-18-16-21(26-12-3-10-23-26)5-4-20(18)17-24-13-6-19(7-14-24)8-15-25-11-2-9-22-25/h2-5,9-12,16,19H,6-8,13-15,17H2,1H3. The first kappa shape index (κ1) is 17.0. The van der Waals surface area contributed by atoms with Crippen LogP contribution in [0.3, 0.4) is 0 Å². The number of hydrogen-bond donors (Lipinski definition) is 0. The van der Waals surface area contributed by atoms with Gasteiger partial charge in [-0.25, -0.2) is 4.68 Å². The molecule has 1 fully saturated rings. The Balaban J connectivity index is 1.29. The minimum atomic E-state index is 0.832. The van der Waals surface area contributed by atoms with Crippen molar-refractivity contribution in [3.05, 3.63) is 66.2 Å².